The minimum atomic E-state index is -0.224. The van der Waals surface area contributed by atoms with Gasteiger partial charge in [0.2, 0.25) is 5.91 Å². The third-order valence-corrected chi connectivity index (χ3v) is 5.81. The second-order valence-corrected chi connectivity index (χ2v) is 7.89. The zero-order valence-corrected chi connectivity index (χ0v) is 16.4. The maximum atomic E-state index is 12.5. The van der Waals surface area contributed by atoms with Crippen LogP contribution >= 0.6 is 23.1 Å². The van der Waals surface area contributed by atoms with Crippen molar-refractivity contribution in [2.45, 2.75) is 17.8 Å². The highest BCUT2D eigenvalue weighted by Crippen LogP contribution is 2.23. The minimum Gasteiger partial charge on any atom is -0.348 e. The molecule has 138 valence electrons. The van der Waals surface area contributed by atoms with E-state index in [1.807, 2.05) is 42.6 Å². The van der Waals surface area contributed by atoms with Crippen molar-refractivity contribution in [3.63, 3.8) is 0 Å². The van der Waals surface area contributed by atoms with E-state index < -0.39 is 0 Å². The third-order valence-electron chi connectivity index (χ3n) is 3.67. The van der Waals surface area contributed by atoms with Gasteiger partial charge >= 0.3 is 0 Å². The molecule has 0 radical (unpaired) electrons. The Morgan fingerprint density at radius 1 is 1.07 bits per heavy atom. The summed E-state index contributed by atoms with van der Waals surface area (Å²) < 4.78 is 0.858. The smallest absolute Gasteiger partial charge is 0.253 e. The molecule has 3 rings (SSSR count). The highest BCUT2D eigenvalue weighted by atomic mass is 32.2. The average Bonchev–Trinajstić information content (AvgIpc) is 3.11. The Balaban J connectivity index is 1.59. The predicted molar refractivity (Wildman–Crippen MR) is 110 cm³/mol. The number of thiazole rings is 1. The number of nitrogens with zero attached hydrogens (tertiary/aromatic N) is 1. The number of hydrogen-bond acceptors (Lipinski definition) is 5. The van der Waals surface area contributed by atoms with Gasteiger partial charge in [0, 0.05) is 17.6 Å². The first-order valence-corrected chi connectivity index (χ1v) is 10.2. The number of anilines is 1. The first-order chi connectivity index (χ1) is 13.1. The number of nitrogens with one attached hydrogen (secondary N) is 2. The van der Waals surface area contributed by atoms with E-state index in [1.54, 1.807) is 24.3 Å². The van der Waals surface area contributed by atoms with Crippen molar-refractivity contribution in [1.29, 1.82) is 0 Å². The van der Waals surface area contributed by atoms with Crippen LogP contribution in [0.5, 0.6) is 0 Å². The van der Waals surface area contributed by atoms with Crippen LogP contribution in [0.1, 0.15) is 21.6 Å². The lowest BCUT2D eigenvalue weighted by atomic mass is 10.1. The van der Waals surface area contributed by atoms with Gasteiger partial charge in [0.1, 0.15) is 0 Å². The van der Waals surface area contributed by atoms with Gasteiger partial charge in [-0.15, -0.1) is 11.3 Å². The summed E-state index contributed by atoms with van der Waals surface area (Å²) in [6.45, 7) is 2.35. The Morgan fingerprint density at radius 3 is 2.56 bits per heavy atom. The molecule has 0 bridgehead atoms. The first-order valence-electron chi connectivity index (χ1n) is 8.38. The molecule has 2 N–H and O–H groups in total. The van der Waals surface area contributed by atoms with Gasteiger partial charge in [0.25, 0.3) is 5.91 Å². The van der Waals surface area contributed by atoms with E-state index >= 15 is 0 Å². The summed E-state index contributed by atoms with van der Waals surface area (Å²) >= 11 is 2.90. The fourth-order valence-corrected chi connectivity index (χ4v) is 4.03. The van der Waals surface area contributed by atoms with Crippen LogP contribution in [0.3, 0.4) is 0 Å². The third kappa shape index (κ3) is 5.67. The van der Waals surface area contributed by atoms with Gasteiger partial charge in [-0.3, -0.25) is 9.59 Å². The molecule has 0 atom stereocenters. The van der Waals surface area contributed by atoms with Crippen molar-refractivity contribution < 1.29 is 9.59 Å². The van der Waals surface area contributed by atoms with E-state index in [0.29, 0.717) is 17.8 Å². The summed E-state index contributed by atoms with van der Waals surface area (Å²) in [5, 5.41) is 7.66. The summed E-state index contributed by atoms with van der Waals surface area (Å²) in [7, 11) is 0. The fraction of sp³-hybridized carbons (Fsp3) is 0.150. The van der Waals surface area contributed by atoms with Crippen molar-refractivity contribution in [3.8, 4) is 0 Å². The van der Waals surface area contributed by atoms with Gasteiger partial charge in [0.15, 0.2) is 4.34 Å². The lowest BCUT2D eigenvalue weighted by Crippen LogP contribution is -2.25. The van der Waals surface area contributed by atoms with E-state index in [2.05, 4.69) is 15.6 Å². The Kier molecular flexibility index (Phi) is 6.62. The van der Waals surface area contributed by atoms with Crippen LogP contribution in [-0.2, 0) is 11.3 Å². The quantitative estimate of drug-likeness (QED) is 0.589. The van der Waals surface area contributed by atoms with E-state index in [9.17, 15) is 9.59 Å². The van der Waals surface area contributed by atoms with Crippen molar-refractivity contribution in [3.05, 3.63) is 76.8 Å². The molecule has 0 unspecified atom stereocenters. The van der Waals surface area contributed by atoms with Crippen molar-refractivity contribution in [2.24, 2.45) is 0 Å². The molecule has 7 heteroatoms. The average molecular weight is 398 g/mol. The summed E-state index contributed by atoms with van der Waals surface area (Å²) in [5.74, 6) is -0.151. The maximum Gasteiger partial charge on any atom is 0.253 e. The monoisotopic (exact) mass is 397 g/mol. The lowest BCUT2D eigenvalue weighted by Gasteiger charge is -2.11. The number of aryl methyl sites for hydroxylation is 1. The predicted octanol–water partition coefficient (Wildman–Crippen LogP) is 4.11. The molecule has 2 aromatic carbocycles. The molecule has 0 saturated heterocycles. The van der Waals surface area contributed by atoms with Crippen LogP contribution in [0, 0.1) is 6.92 Å². The Hall–Kier alpha value is -2.64. The SMILES string of the molecule is Cc1csc(SCC(=O)Nc2ccccc2C(=O)NCc2ccccc2)n1. The molecule has 0 aliphatic heterocycles. The molecule has 27 heavy (non-hydrogen) atoms. The molecular formula is C20H19N3O2S2. The molecule has 3 aromatic rings. The summed E-state index contributed by atoms with van der Waals surface area (Å²) in [4.78, 5) is 29.1. The van der Waals surface area contributed by atoms with Crippen molar-refractivity contribution >= 4 is 40.6 Å². The molecule has 1 aromatic heterocycles. The van der Waals surface area contributed by atoms with Gasteiger partial charge in [0.05, 0.1) is 17.0 Å². The Bertz CT molecular complexity index is 926. The number of rotatable bonds is 7. The molecule has 1 heterocycles. The Morgan fingerprint density at radius 2 is 1.81 bits per heavy atom. The van der Waals surface area contributed by atoms with Crippen LogP contribution in [0.25, 0.3) is 0 Å². The summed E-state index contributed by atoms with van der Waals surface area (Å²) in [6, 6.07) is 16.7. The molecule has 0 fully saturated rings. The standard InChI is InChI=1S/C20H19N3O2S2/c1-14-12-26-20(22-14)27-13-18(24)23-17-10-6-5-9-16(17)19(25)21-11-15-7-3-2-4-8-15/h2-10,12H,11,13H2,1H3,(H,21,25)(H,23,24). The number of aromatic nitrogens is 1. The molecule has 0 aliphatic rings. The van der Waals surface area contributed by atoms with Crippen LogP contribution in [0.4, 0.5) is 5.69 Å². The van der Waals surface area contributed by atoms with Gasteiger partial charge < -0.3 is 10.6 Å². The van der Waals surface area contributed by atoms with Crippen LogP contribution in [0.15, 0.2) is 64.3 Å². The summed E-state index contributed by atoms with van der Waals surface area (Å²) in [6.07, 6.45) is 0. The second-order valence-electron chi connectivity index (χ2n) is 5.81. The zero-order chi connectivity index (χ0) is 19.1. The Labute approximate surface area is 166 Å². The fourth-order valence-electron chi connectivity index (χ4n) is 2.38. The highest BCUT2D eigenvalue weighted by molar-refractivity contribution is 8.01. The molecule has 0 spiro atoms. The summed E-state index contributed by atoms with van der Waals surface area (Å²) in [5.41, 5.74) is 2.91. The van der Waals surface area contributed by atoms with E-state index in [4.69, 9.17) is 0 Å². The molecule has 0 aliphatic carbocycles. The zero-order valence-electron chi connectivity index (χ0n) is 14.8. The van der Waals surface area contributed by atoms with Crippen molar-refractivity contribution in [2.75, 3.05) is 11.1 Å². The highest BCUT2D eigenvalue weighted by Gasteiger charge is 2.13. The van der Waals surface area contributed by atoms with Crippen molar-refractivity contribution in [1.82, 2.24) is 10.3 Å². The van der Waals surface area contributed by atoms with Crippen LogP contribution < -0.4 is 10.6 Å². The maximum absolute atomic E-state index is 12.5. The van der Waals surface area contributed by atoms with Gasteiger partial charge in [-0.05, 0) is 24.6 Å². The van der Waals surface area contributed by atoms with Gasteiger partial charge in [-0.25, -0.2) is 4.98 Å². The second kappa shape index (κ2) is 9.34. The number of thioether (sulfide) groups is 1. The number of amides is 2. The molecule has 2 amide bonds. The van der Waals surface area contributed by atoms with Gasteiger partial charge in [-0.1, -0.05) is 54.2 Å². The van der Waals surface area contributed by atoms with E-state index in [0.717, 1.165) is 15.6 Å². The number of carbonyl (C=O) groups excluding carboxylic acids is 2. The largest absolute Gasteiger partial charge is 0.348 e. The number of hydrogen-bond donors (Lipinski definition) is 2. The molecule has 0 saturated carbocycles. The topological polar surface area (TPSA) is 71.1 Å². The molecular weight excluding hydrogens is 378 g/mol. The van der Waals surface area contributed by atoms with Crippen LogP contribution in [-0.4, -0.2) is 22.6 Å². The van der Waals surface area contributed by atoms with Gasteiger partial charge in [-0.2, -0.15) is 0 Å². The number of benzene rings is 2. The normalized spacial score (nSPS) is 10.4. The minimum absolute atomic E-state index is 0.170. The molecule has 5 nitrogen and oxygen atoms in total. The lowest BCUT2D eigenvalue weighted by molar-refractivity contribution is -0.113. The first kappa shape index (κ1) is 19.1. The van der Waals surface area contributed by atoms with Crippen LogP contribution in [0.2, 0.25) is 0 Å². The van der Waals surface area contributed by atoms with E-state index in [-0.39, 0.29) is 17.6 Å². The number of para-hydroxylation sites is 1. The number of carbonyl (C=O) groups is 2. The van der Waals surface area contributed by atoms with E-state index in [1.165, 1.54) is 23.1 Å².